The molecule has 1 N–H and O–H groups in total. The van der Waals surface area contributed by atoms with Gasteiger partial charge in [0.15, 0.2) is 0 Å². The first-order valence-electron chi connectivity index (χ1n) is 8.85. The second kappa shape index (κ2) is 8.50. The van der Waals surface area contributed by atoms with Gasteiger partial charge in [0.1, 0.15) is 5.76 Å². The molecule has 1 aromatic heterocycles. The van der Waals surface area contributed by atoms with Crippen molar-refractivity contribution in [2.75, 3.05) is 11.4 Å². The minimum atomic E-state index is -0.167. The van der Waals surface area contributed by atoms with Crippen LogP contribution in [0.15, 0.2) is 83.5 Å². The average molecular weight is 348 g/mol. The predicted molar refractivity (Wildman–Crippen MR) is 104 cm³/mol. The molecule has 26 heavy (non-hydrogen) atoms. The summed E-state index contributed by atoms with van der Waals surface area (Å²) in [5, 5.41) is 3.36. The van der Waals surface area contributed by atoms with Gasteiger partial charge in [0, 0.05) is 11.7 Å². The molecule has 1 heterocycles. The highest BCUT2D eigenvalue weighted by Gasteiger charge is 2.22. The summed E-state index contributed by atoms with van der Waals surface area (Å²) in [6.07, 6.45) is 1.65. The van der Waals surface area contributed by atoms with E-state index in [0.717, 1.165) is 17.0 Å². The third-order valence-corrected chi connectivity index (χ3v) is 4.24. The predicted octanol–water partition coefficient (Wildman–Crippen LogP) is 4.40. The summed E-state index contributed by atoms with van der Waals surface area (Å²) < 4.78 is 5.59. The van der Waals surface area contributed by atoms with Crippen LogP contribution in [-0.4, -0.2) is 18.5 Å². The third kappa shape index (κ3) is 4.21. The van der Waals surface area contributed by atoms with Gasteiger partial charge >= 0.3 is 0 Å². The van der Waals surface area contributed by atoms with Crippen molar-refractivity contribution < 1.29 is 9.21 Å². The van der Waals surface area contributed by atoms with E-state index in [1.165, 1.54) is 0 Å². The van der Waals surface area contributed by atoms with Crippen LogP contribution in [-0.2, 0) is 4.79 Å². The Morgan fingerprint density at radius 2 is 1.62 bits per heavy atom. The fourth-order valence-corrected chi connectivity index (χ4v) is 3.08. The summed E-state index contributed by atoms with van der Waals surface area (Å²) in [4.78, 5) is 14.7. The number of anilines is 1. The smallest absolute Gasteiger partial charge is 0.241 e. The van der Waals surface area contributed by atoms with Crippen LogP contribution < -0.4 is 10.2 Å². The Hall–Kier alpha value is -2.85. The van der Waals surface area contributed by atoms with Crippen molar-refractivity contribution in [3.8, 4) is 0 Å². The quantitative estimate of drug-likeness (QED) is 0.688. The maximum Gasteiger partial charge on any atom is 0.241 e. The average Bonchev–Trinajstić information content (AvgIpc) is 3.18. The molecule has 1 atom stereocenters. The second-order valence-corrected chi connectivity index (χ2v) is 6.43. The Morgan fingerprint density at radius 3 is 2.19 bits per heavy atom. The van der Waals surface area contributed by atoms with Gasteiger partial charge in [0.05, 0.1) is 18.8 Å². The molecule has 0 aliphatic heterocycles. The van der Waals surface area contributed by atoms with Crippen LogP contribution >= 0.6 is 0 Å². The molecule has 0 radical (unpaired) electrons. The van der Waals surface area contributed by atoms with Crippen LogP contribution in [0.3, 0.4) is 0 Å². The molecular weight excluding hydrogens is 324 g/mol. The van der Waals surface area contributed by atoms with E-state index in [1.807, 2.05) is 91.5 Å². The zero-order chi connectivity index (χ0) is 18.4. The van der Waals surface area contributed by atoms with Crippen molar-refractivity contribution in [2.45, 2.75) is 25.9 Å². The first-order chi connectivity index (χ1) is 12.7. The number of nitrogens with zero attached hydrogens (tertiary/aromatic N) is 1. The van der Waals surface area contributed by atoms with Gasteiger partial charge in [-0.15, -0.1) is 0 Å². The Labute approximate surface area is 154 Å². The number of para-hydroxylation sites is 1. The molecule has 0 saturated carbocycles. The number of hydrogen-bond donors (Lipinski definition) is 1. The van der Waals surface area contributed by atoms with Crippen LogP contribution in [0.2, 0.25) is 0 Å². The molecule has 4 heteroatoms. The number of benzene rings is 2. The number of carbonyl (C=O) groups is 1. The number of hydrogen-bond acceptors (Lipinski definition) is 3. The minimum Gasteiger partial charge on any atom is -0.467 e. The molecule has 1 amide bonds. The van der Waals surface area contributed by atoms with Crippen molar-refractivity contribution >= 4 is 11.6 Å². The standard InChI is InChI=1S/C22H24N2O2/c1-17(2)24(19-12-7-4-8-13-19)21(25)16-23-22(20-14-9-15-26-20)18-10-5-3-6-11-18/h3-15,17,22-23H,16H2,1-2H3/t22-/m1/s1. The zero-order valence-electron chi connectivity index (χ0n) is 15.1. The number of nitrogens with one attached hydrogen (secondary N) is 1. The molecule has 134 valence electrons. The topological polar surface area (TPSA) is 45.5 Å². The van der Waals surface area contributed by atoms with Gasteiger partial charge in [-0.05, 0) is 43.7 Å². The molecular formula is C22H24N2O2. The van der Waals surface area contributed by atoms with Gasteiger partial charge < -0.3 is 9.32 Å². The van der Waals surface area contributed by atoms with E-state index < -0.39 is 0 Å². The Kier molecular flexibility index (Phi) is 5.87. The van der Waals surface area contributed by atoms with E-state index >= 15 is 0 Å². The van der Waals surface area contributed by atoms with Crippen molar-refractivity contribution in [2.24, 2.45) is 0 Å². The molecule has 3 aromatic rings. The van der Waals surface area contributed by atoms with E-state index in [2.05, 4.69) is 5.32 Å². The van der Waals surface area contributed by atoms with Crippen LogP contribution in [0, 0.1) is 0 Å². The summed E-state index contributed by atoms with van der Waals surface area (Å²) in [7, 11) is 0. The number of rotatable bonds is 7. The van der Waals surface area contributed by atoms with Crippen molar-refractivity contribution in [1.82, 2.24) is 5.32 Å². The molecule has 0 unspecified atom stereocenters. The van der Waals surface area contributed by atoms with E-state index in [9.17, 15) is 4.79 Å². The van der Waals surface area contributed by atoms with Crippen molar-refractivity contribution in [3.05, 3.63) is 90.4 Å². The summed E-state index contributed by atoms with van der Waals surface area (Å²) in [6.45, 7) is 4.26. The Morgan fingerprint density at radius 1 is 0.962 bits per heavy atom. The lowest BCUT2D eigenvalue weighted by Gasteiger charge is -2.28. The van der Waals surface area contributed by atoms with Gasteiger partial charge in [0.2, 0.25) is 5.91 Å². The fraction of sp³-hybridized carbons (Fsp3) is 0.227. The molecule has 0 bridgehead atoms. The van der Waals surface area contributed by atoms with E-state index in [4.69, 9.17) is 4.42 Å². The Bertz CT molecular complexity index is 799. The molecule has 4 nitrogen and oxygen atoms in total. The van der Waals surface area contributed by atoms with Crippen LogP contribution in [0.5, 0.6) is 0 Å². The first kappa shape index (κ1) is 18.0. The number of carbonyl (C=O) groups excluding carboxylic acids is 1. The van der Waals surface area contributed by atoms with Gasteiger partial charge in [0.25, 0.3) is 0 Å². The minimum absolute atomic E-state index is 0.0266. The summed E-state index contributed by atoms with van der Waals surface area (Å²) in [5.74, 6) is 0.818. The normalized spacial score (nSPS) is 12.1. The molecule has 0 fully saturated rings. The first-order valence-corrected chi connectivity index (χ1v) is 8.85. The van der Waals surface area contributed by atoms with Crippen LogP contribution in [0.4, 0.5) is 5.69 Å². The van der Waals surface area contributed by atoms with Crippen LogP contribution in [0.25, 0.3) is 0 Å². The van der Waals surface area contributed by atoms with Gasteiger partial charge in [-0.2, -0.15) is 0 Å². The van der Waals surface area contributed by atoms with Crippen molar-refractivity contribution in [3.63, 3.8) is 0 Å². The maximum atomic E-state index is 12.9. The highest BCUT2D eigenvalue weighted by molar-refractivity contribution is 5.95. The lowest BCUT2D eigenvalue weighted by molar-refractivity contribution is -0.118. The lowest BCUT2D eigenvalue weighted by Crippen LogP contribution is -2.43. The van der Waals surface area contributed by atoms with E-state index in [1.54, 1.807) is 6.26 Å². The SMILES string of the molecule is CC(C)N(C(=O)CN[C@H](c1ccccc1)c1ccco1)c1ccccc1. The van der Waals surface area contributed by atoms with Crippen LogP contribution in [0.1, 0.15) is 31.2 Å². The second-order valence-electron chi connectivity index (χ2n) is 6.43. The molecule has 0 aliphatic rings. The highest BCUT2D eigenvalue weighted by atomic mass is 16.3. The van der Waals surface area contributed by atoms with E-state index in [-0.39, 0.29) is 24.5 Å². The van der Waals surface area contributed by atoms with E-state index in [0.29, 0.717) is 0 Å². The fourth-order valence-electron chi connectivity index (χ4n) is 3.08. The molecule has 0 spiro atoms. The molecule has 0 saturated heterocycles. The summed E-state index contributed by atoms with van der Waals surface area (Å²) >= 11 is 0. The molecule has 2 aromatic carbocycles. The van der Waals surface area contributed by atoms with Gasteiger partial charge in [-0.3, -0.25) is 10.1 Å². The summed E-state index contributed by atoms with van der Waals surface area (Å²) in [5.41, 5.74) is 1.97. The zero-order valence-corrected chi connectivity index (χ0v) is 15.1. The number of furan rings is 1. The number of amides is 1. The largest absolute Gasteiger partial charge is 0.467 e. The highest BCUT2D eigenvalue weighted by Crippen LogP contribution is 2.23. The third-order valence-electron chi connectivity index (χ3n) is 4.24. The monoisotopic (exact) mass is 348 g/mol. The van der Waals surface area contributed by atoms with Gasteiger partial charge in [-0.1, -0.05) is 48.5 Å². The lowest BCUT2D eigenvalue weighted by atomic mass is 10.0. The molecule has 0 aliphatic carbocycles. The molecule has 3 rings (SSSR count). The van der Waals surface area contributed by atoms with Gasteiger partial charge in [-0.25, -0.2) is 0 Å². The summed E-state index contributed by atoms with van der Waals surface area (Å²) in [6, 6.07) is 23.5. The Balaban J connectivity index is 1.77. The van der Waals surface area contributed by atoms with Crippen molar-refractivity contribution in [1.29, 1.82) is 0 Å². The maximum absolute atomic E-state index is 12.9.